The van der Waals surface area contributed by atoms with Gasteiger partial charge in [-0.25, -0.2) is 9.97 Å². The van der Waals surface area contributed by atoms with Gasteiger partial charge in [0.25, 0.3) is 0 Å². The third-order valence-corrected chi connectivity index (χ3v) is 5.95. The van der Waals surface area contributed by atoms with Crippen LogP contribution in [-0.4, -0.2) is 32.7 Å². The van der Waals surface area contributed by atoms with Gasteiger partial charge in [-0.1, -0.05) is 6.07 Å². The van der Waals surface area contributed by atoms with E-state index in [0.717, 1.165) is 48.9 Å². The number of hydrogen-bond donors (Lipinski definition) is 2. The highest BCUT2D eigenvalue weighted by molar-refractivity contribution is 5.58. The number of nitrogens with zero attached hydrogens (tertiary/aromatic N) is 3. The molecular formula is C19H22N4O. The lowest BCUT2D eigenvalue weighted by atomic mass is 10.0. The molecule has 0 unspecified atom stereocenters. The molecule has 0 spiro atoms. The van der Waals surface area contributed by atoms with Crippen molar-refractivity contribution in [2.45, 2.75) is 38.1 Å². The topological polar surface area (TPSA) is 70.9 Å². The fourth-order valence-corrected chi connectivity index (χ4v) is 4.63. The van der Waals surface area contributed by atoms with Crippen LogP contribution in [0.5, 0.6) is 0 Å². The van der Waals surface area contributed by atoms with E-state index in [1.54, 1.807) is 6.20 Å². The number of aliphatic hydroxyl groups is 1. The number of aromatic nitrogens is 3. The molecule has 4 atom stereocenters. The third-order valence-electron chi connectivity index (χ3n) is 5.95. The second-order valence-electron chi connectivity index (χ2n) is 7.38. The largest absolute Gasteiger partial charge is 0.396 e. The van der Waals surface area contributed by atoms with Gasteiger partial charge in [0.2, 0.25) is 0 Å². The Hall–Kier alpha value is -2.01. The summed E-state index contributed by atoms with van der Waals surface area (Å²) in [7, 11) is 0. The molecule has 2 fully saturated rings. The molecule has 0 aromatic carbocycles. The van der Waals surface area contributed by atoms with Crippen LogP contribution in [0, 0.1) is 17.8 Å². The quantitative estimate of drug-likeness (QED) is 0.905. The Balaban J connectivity index is 1.48. The van der Waals surface area contributed by atoms with E-state index in [1.165, 1.54) is 17.7 Å². The van der Waals surface area contributed by atoms with Gasteiger partial charge in [0, 0.05) is 30.1 Å². The second kappa shape index (κ2) is 5.52. The van der Waals surface area contributed by atoms with Crippen LogP contribution in [0.25, 0.3) is 11.5 Å². The maximum atomic E-state index is 9.53. The minimum atomic E-state index is 0.320. The first-order chi connectivity index (χ1) is 11.8. The maximum Gasteiger partial charge on any atom is 0.180 e. The summed E-state index contributed by atoms with van der Waals surface area (Å²) in [4.78, 5) is 14.0. The van der Waals surface area contributed by atoms with E-state index in [2.05, 4.69) is 10.3 Å². The Morgan fingerprint density at radius 2 is 2.08 bits per heavy atom. The first kappa shape index (κ1) is 14.3. The summed E-state index contributed by atoms with van der Waals surface area (Å²) in [5, 5.41) is 13.3. The fraction of sp³-hybridized carbons (Fsp3) is 0.526. The van der Waals surface area contributed by atoms with Crippen LogP contribution in [0.2, 0.25) is 0 Å². The third kappa shape index (κ3) is 2.30. The molecular weight excluding hydrogens is 300 g/mol. The highest BCUT2D eigenvalue weighted by Gasteiger charge is 2.54. The molecule has 0 bridgehead atoms. The number of rotatable bonds is 4. The summed E-state index contributed by atoms with van der Waals surface area (Å²) in [6, 6.07) is 6.30. The molecule has 3 aliphatic carbocycles. The van der Waals surface area contributed by atoms with E-state index in [0.29, 0.717) is 24.5 Å². The molecule has 5 heteroatoms. The van der Waals surface area contributed by atoms with Crippen LogP contribution in [0.4, 0.5) is 5.82 Å². The maximum absolute atomic E-state index is 9.53. The van der Waals surface area contributed by atoms with E-state index in [9.17, 15) is 5.11 Å². The van der Waals surface area contributed by atoms with Crippen molar-refractivity contribution in [2.75, 3.05) is 11.9 Å². The normalized spacial score (nSPS) is 30.0. The number of nitrogens with one attached hydrogen (secondary N) is 1. The first-order valence-corrected chi connectivity index (χ1v) is 9.02. The van der Waals surface area contributed by atoms with E-state index < -0.39 is 0 Å². The minimum absolute atomic E-state index is 0.320. The molecule has 0 amide bonds. The minimum Gasteiger partial charge on any atom is -0.396 e. The Kier molecular flexibility index (Phi) is 3.30. The van der Waals surface area contributed by atoms with Gasteiger partial charge in [-0.05, 0) is 62.0 Å². The number of hydrogen-bond acceptors (Lipinski definition) is 5. The summed E-state index contributed by atoms with van der Waals surface area (Å²) in [6.07, 6.45) is 7.34. The molecule has 124 valence electrons. The van der Waals surface area contributed by atoms with Gasteiger partial charge in [0.1, 0.15) is 11.5 Å². The van der Waals surface area contributed by atoms with Crippen molar-refractivity contribution in [3.8, 4) is 11.5 Å². The predicted molar refractivity (Wildman–Crippen MR) is 91.5 cm³/mol. The molecule has 2 aromatic rings. The Morgan fingerprint density at radius 3 is 2.88 bits per heavy atom. The van der Waals surface area contributed by atoms with Crippen molar-refractivity contribution < 1.29 is 5.11 Å². The van der Waals surface area contributed by atoms with Gasteiger partial charge in [0.15, 0.2) is 5.82 Å². The lowest BCUT2D eigenvalue weighted by molar-refractivity contribution is 0.213. The molecule has 2 heterocycles. The molecule has 2 saturated carbocycles. The lowest BCUT2D eigenvalue weighted by Gasteiger charge is -2.19. The number of aryl methyl sites for hydroxylation is 1. The van der Waals surface area contributed by atoms with Crippen LogP contribution in [-0.2, 0) is 12.8 Å². The fourth-order valence-electron chi connectivity index (χ4n) is 4.63. The van der Waals surface area contributed by atoms with E-state index >= 15 is 0 Å². The molecule has 5 rings (SSSR count). The first-order valence-electron chi connectivity index (χ1n) is 9.02. The van der Waals surface area contributed by atoms with Crippen molar-refractivity contribution >= 4 is 5.82 Å². The highest BCUT2D eigenvalue weighted by Crippen LogP contribution is 2.56. The Labute approximate surface area is 141 Å². The van der Waals surface area contributed by atoms with Crippen LogP contribution in [0.3, 0.4) is 0 Å². The van der Waals surface area contributed by atoms with Crippen molar-refractivity contribution in [2.24, 2.45) is 17.8 Å². The number of pyridine rings is 1. The van der Waals surface area contributed by atoms with Gasteiger partial charge in [-0.2, -0.15) is 0 Å². The monoisotopic (exact) mass is 322 g/mol. The zero-order valence-electron chi connectivity index (χ0n) is 13.7. The summed E-state index contributed by atoms with van der Waals surface area (Å²) < 4.78 is 0. The van der Waals surface area contributed by atoms with Gasteiger partial charge < -0.3 is 10.4 Å². The summed E-state index contributed by atoms with van der Waals surface area (Å²) in [5.41, 5.74) is 3.30. The van der Waals surface area contributed by atoms with Crippen molar-refractivity contribution in [3.63, 3.8) is 0 Å². The van der Waals surface area contributed by atoms with Crippen molar-refractivity contribution in [1.29, 1.82) is 0 Å². The Bertz CT molecular complexity index is 763. The van der Waals surface area contributed by atoms with E-state index in [4.69, 9.17) is 9.97 Å². The van der Waals surface area contributed by atoms with Crippen LogP contribution in [0.15, 0.2) is 24.4 Å². The van der Waals surface area contributed by atoms with Crippen LogP contribution >= 0.6 is 0 Å². The molecule has 24 heavy (non-hydrogen) atoms. The van der Waals surface area contributed by atoms with E-state index in [1.807, 2.05) is 18.2 Å². The molecule has 5 nitrogen and oxygen atoms in total. The molecule has 2 N–H and O–H groups in total. The Morgan fingerprint density at radius 1 is 1.12 bits per heavy atom. The number of fused-ring (bicyclic) bond motifs is 2. The molecule has 3 aliphatic rings. The molecule has 2 aromatic heterocycles. The van der Waals surface area contributed by atoms with Gasteiger partial charge in [-0.3, -0.25) is 4.98 Å². The van der Waals surface area contributed by atoms with Gasteiger partial charge >= 0.3 is 0 Å². The zero-order chi connectivity index (χ0) is 16.1. The average molecular weight is 322 g/mol. The number of aliphatic hydroxyl groups excluding tert-OH is 1. The lowest BCUT2D eigenvalue weighted by Crippen LogP contribution is -2.23. The average Bonchev–Trinajstić information content (AvgIpc) is 3.13. The van der Waals surface area contributed by atoms with Gasteiger partial charge in [0.05, 0.1) is 0 Å². The van der Waals surface area contributed by atoms with E-state index in [-0.39, 0.29) is 0 Å². The second-order valence-corrected chi connectivity index (χ2v) is 7.38. The summed E-state index contributed by atoms with van der Waals surface area (Å²) in [6.45, 7) is 0.320. The smallest absolute Gasteiger partial charge is 0.180 e. The SMILES string of the molecule is OC[C@@H]1C[C@H](Nc2nc(-c3ccccn3)nc3c2CCC3)[C@H]2C[C@@H]12. The highest BCUT2D eigenvalue weighted by atomic mass is 16.3. The van der Waals surface area contributed by atoms with Crippen LogP contribution in [0.1, 0.15) is 30.5 Å². The van der Waals surface area contributed by atoms with Crippen LogP contribution < -0.4 is 5.32 Å². The molecule has 0 aliphatic heterocycles. The summed E-state index contributed by atoms with van der Waals surface area (Å²) >= 11 is 0. The molecule has 0 radical (unpaired) electrons. The summed E-state index contributed by atoms with van der Waals surface area (Å²) in [5.74, 6) is 3.64. The van der Waals surface area contributed by atoms with Crippen molar-refractivity contribution in [1.82, 2.24) is 15.0 Å². The predicted octanol–water partition coefficient (Wildman–Crippen LogP) is 2.46. The zero-order valence-corrected chi connectivity index (χ0v) is 13.7. The van der Waals surface area contributed by atoms with Gasteiger partial charge in [-0.15, -0.1) is 0 Å². The van der Waals surface area contributed by atoms with Crippen molar-refractivity contribution in [3.05, 3.63) is 35.7 Å². The standard InChI is InChI=1S/C19H22N4O/c24-10-11-8-17(14-9-13(11)14)22-18-12-4-3-6-15(12)21-19(23-18)16-5-1-2-7-20-16/h1-2,5,7,11,13-14,17,24H,3-4,6,8-10H2,(H,21,22,23)/t11-,13-,14-,17-/m0/s1. The number of anilines is 1. The molecule has 0 saturated heterocycles.